The summed E-state index contributed by atoms with van der Waals surface area (Å²) in [6.45, 7) is 5.51. The van der Waals surface area contributed by atoms with Crippen LogP contribution in [-0.4, -0.2) is 41.9 Å². The Balaban J connectivity index is 1.37. The lowest BCUT2D eigenvalue weighted by Gasteiger charge is -2.36. The number of hydrogen-bond donors (Lipinski definition) is 0. The number of benzene rings is 1. The Morgan fingerprint density at radius 1 is 0.931 bits per heavy atom. The van der Waals surface area contributed by atoms with E-state index in [0.29, 0.717) is 12.0 Å². The molecule has 0 spiro atoms. The zero-order valence-corrected chi connectivity index (χ0v) is 16.5. The number of aryl methyl sites for hydroxylation is 1. The van der Waals surface area contributed by atoms with Gasteiger partial charge in [-0.25, -0.2) is 9.97 Å². The highest BCUT2D eigenvalue weighted by molar-refractivity contribution is 5.99. The van der Waals surface area contributed by atoms with Crippen molar-refractivity contribution >= 4 is 17.4 Å². The quantitative estimate of drug-likeness (QED) is 0.683. The van der Waals surface area contributed by atoms with E-state index in [4.69, 9.17) is 14.4 Å². The molecule has 1 aliphatic carbocycles. The molecule has 0 amide bonds. The van der Waals surface area contributed by atoms with E-state index in [1.54, 1.807) is 6.26 Å². The number of para-hydroxylation sites is 1. The van der Waals surface area contributed by atoms with Crippen LogP contribution in [-0.2, 0) is 6.42 Å². The third-order valence-electron chi connectivity index (χ3n) is 5.93. The number of carbonyl (C=O) groups excluding carboxylic acids is 1. The number of nitrogens with zero attached hydrogens (tertiary/aromatic N) is 4. The van der Waals surface area contributed by atoms with Crippen LogP contribution in [0.1, 0.15) is 39.8 Å². The minimum atomic E-state index is 0.0575. The lowest BCUT2D eigenvalue weighted by molar-refractivity contribution is 0.0958. The monoisotopic (exact) mass is 388 g/mol. The Morgan fingerprint density at radius 2 is 1.69 bits per heavy atom. The number of carbonyl (C=O) groups is 1. The minimum absolute atomic E-state index is 0.0575. The van der Waals surface area contributed by atoms with Gasteiger partial charge in [-0.2, -0.15) is 0 Å². The summed E-state index contributed by atoms with van der Waals surface area (Å²) < 4.78 is 5.56. The molecule has 29 heavy (non-hydrogen) atoms. The minimum Gasteiger partial charge on any atom is -0.469 e. The second-order valence-corrected chi connectivity index (χ2v) is 7.78. The first-order chi connectivity index (χ1) is 14.2. The molecule has 0 saturated carbocycles. The molecule has 3 heterocycles. The number of piperazine rings is 1. The Morgan fingerprint density at radius 3 is 2.41 bits per heavy atom. The summed E-state index contributed by atoms with van der Waals surface area (Å²) in [5, 5.41) is 0. The van der Waals surface area contributed by atoms with Gasteiger partial charge in [0.05, 0.1) is 23.2 Å². The molecule has 1 fully saturated rings. The summed E-state index contributed by atoms with van der Waals surface area (Å²) in [7, 11) is 0. The van der Waals surface area contributed by atoms with Gasteiger partial charge in [0.2, 0.25) is 5.95 Å². The Kier molecular flexibility index (Phi) is 4.54. The standard InChI is InChI=1S/C23H24N4O2/c1-16-22-19(14-17(15-20(22)28)21-8-5-13-29-21)25-23(24-16)27-11-9-26(10-12-27)18-6-3-2-4-7-18/h2-8,13,17H,9-12,14-15H2,1H3/t17-/m1/s1. The van der Waals surface area contributed by atoms with E-state index in [0.717, 1.165) is 55.7 Å². The van der Waals surface area contributed by atoms with E-state index in [1.807, 2.05) is 25.1 Å². The van der Waals surface area contributed by atoms with E-state index in [9.17, 15) is 4.79 Å². The molecule has 3 aromatic rings. The molecular weight excluding hydrogens is 364 g/mol. The molecule has 0 N–H and O–H groups in total. The summed E-state index contributed by atoms with van der Waals surface area (Å²) in [4.78, 5) is 26.9. The van der Waals surface area contributed by atoms with Crippen LogP contribution in [0.4, 0.5) is 11.6 Å². The number of rotatable bonds is 3. The van der Waals surface area contributed by atoms with Crippen LogP contribution in [0.3, 0.4) is 0 Å². The van der Waals surface area contributed by atoms with E-state index in [1.165, 1.54) is 5.69 Å². The lowest BCUT2D eigenvalue weighted by Crippen LogP contribution is -2.47. The Bertz CT molecular complexity index is 1010. The smallest absolute Gasteiger partial charge is 0.225 e. The fourth-order valence-electron chi connectivity index (χ4n) is 4.43. The van der Waals surface area contributed by atoms with Crippen molar-refractivity contribution in [3.8, 4) is 0 Å². The summed E-state index contributed by atoms with van der Waals surface area (Å²) in [6.07, 6.45) is 2.84. The predicted molar refractivity (Wildman–Crippen MR) is 112 cm³/mol. The summed E-state index contributed by atoms with van der Waals surface area (Å²) in [5.41, 5.74) is 3.61. The van der Waals surface area contributed by atoms with E-state index < -0.39 is 0 Å². The van der Waals surface area contributed by atoms with Gasteiger partial charge in [0.1, 0.15) is 5.76 Å². The number of Topliss-reactive ketones (excluding diaryl/α,β-unsaturated/α-hetero) is 1. The summed E-state index contributed by atoms with van der Waals surface area (Å²) in [6, 6.07) is 14.3. The van der Waals surface area contributed by atoms with Crippen LogP contribution in [0.25, 0.3) is 0 Å². The van der Waals surface area contributed by atoms with E-state index in [-0.39, 0.29) is 11.7 Å². The van der Waals surface area contributed by atoms with Gasteiger partial charge in [0, 0.05) is 50.6 Å². The highest BCUT2D eigenvalue weighted by atomic mass is 16.3. The third kappa shape index (κ3) is 3.39. The fraction of sp³-hybridized carbons (Fsp3) is 0.348. The SMILES string of the molecule is Cc1nc(N2CCN(c3ccccc3)CC2)nc2c1C(=O)C[C@H](c1ccco1)C2. The molecular formula is C23H24N4O2. The van der Waals surface area contributed by atoms with Crippen LogP contribution in [0, 0.1) is 6.92 Å². The van der Waals surface area contributed by atoms with Gasteiger partial charge >= 0.3 is 0 Å². The topological polar surface area (TPSA) is 62.5 Å². The van der Waals surface area contributed by atoms with Gasteiger partial charge in [-0.05, 0) is 31.2 Å². The Hall–Kier alpha value is -3.15. The molecule has 2 aromatic heterocycles. The van der Waals surface area contributed by atoms with Crippen LogP contribution in [0.15, 0.2) is 53.1 Å². The average Bonchev–Trinajstić information content (AvgIpc) is 3.29. The molecule has 6 nitrogen and oxygen atoms in total. The molecule has 2 aliphatic rings. The van der Waals surface area contributed by atoms with Crippen molar-refractivity contribution in [3.63, 3.8) is 0 Å². The number of furan rings is 1. The number of hydrogen-bond acceptors (Lipinski definition) is 6. The van der Waals surface area contributed by atoms with Crippen molar-refractivity contribution < 1.29 is 9.21 Å². The molecule has 6 heteroatoms. The molecule has 0 unspecified atom stereocenters. The molecule has 0 bridgehead atoms. The van der Waals surface area contributed by atoms with E-state index >= 15 is 0 Å². The zero-order valence-electron chi connectivity index (χ0n) is 16.5. The predicted octanol–water partition coefficient (Wildman–Crippen LogP) is 3.62. The third-order valence-corrected chi connectivity index (χ3v) is 5.93. The van der Waals surface area contributed by atoms with Crippen molar-refractivity contribution in [1.82, 2.24) is 9.97 Å². The van der Waals surface area contributed by atoms with Crippen LogP contribution >= 0.6 is 0 Å². The van der Waals surface area contributed by atoms with Crippen LogP contribution < -0.4 is 9.80 Å². The number of aromatic nitrogens is 2. The van der Waals surface area contributed by atoms with Crippen molar-refractivity contribution in [2.24, 2.45) is 0 Å². The molecule has 1 aromatic carbocycles. The lowest BCUT2D eigenvalue weighted by atomic mass is 9.84. The maximum Gasteiger partial charge on any atom is 0.225 e. The Labute approximate surface area is 170 Å². The summed E-state index contributed by atoms with van der Waals surface area (Å²) in [5.74, 6) is 1.77. The maximum atomic E-state index is 12.8. The molecule has 1 saturated heterocycles. The van der Waals surface area contributed by atoms with Gasteiger partial charge in [0.25, 0.3) is 0 Å². The molecule has 1 aliphatic heterocycles. The maximum absolute atomic E-state index is 12.8. The number of ketones is 1. The number of fused-ring (bicyclic) bond motifs is 1. The molecule has 5 rings (SSSR count). The van der Waals surface area contributed by atoms with Crippen molar-refractivity contribution in [2.45, 2.75) is 25.7 Å². The first kappa shape index (κ1) is 17.9. The van der Waals surface area contributed by atoms with Gasteiger partial charge in [-0.3, -0.25) is 4.79 Å². The van der Waals surface area contributed by atoms with Crippen molar-refractivity contribution in [2.75, 3.05) is 36.0 Å². The van der Waals surface area contributed by atoms with Crippen LogP contribution in [0.5, 0.6) is 0 Å². The van der Waals surface area contributed by atoms with Crippen molar-refractivity contribution in [3.05, 3.63) is 71.4 Å². The largest absolute Gasteiger partial charge is 0.469 e. The molecule has 148 valence electrons. The first-order valence-corrected chi connectivity index (χ1v) is 10.2. The second kappa shape index (κ2) is 7.35. The van der Waals surface area contributed by atoms with Gasteiger partial charge < -0.3 is 14.2 Å². The molecule has 1 atom stereocenters. The highest BCUT2D eigenvalue weighted by Crippen LogP contribution is 2.34. The van der Waals surface area contributed by atoms with E-state index in [2.05, 4.69) is 34.1 Å². The normalized spacial score (nSPS) is 19.3. The van der Waals surface area contributed by atoms with Crippen LogP contribution in [0.2, 0.25) is 0 Å². The number of anilines is 2. The first-order valence-electron chi connectivity index (χ1n) is 10.2. The van der Waals surface area contributed by atoms with Gasteiger partial charge in [-0.15, -0.1) is 0 Å². The summed E-state index contributed by atoms with van der Waals surface area (Å²) >= 11 is 0. The highest BCUT2D eigenvalue weighted by Gasteiger charge is 2.32. The second-order valence-electron chi connectivity index (χ2n) is 7.78. The van der Waals surface area contributed by atoms with Crippen molar-refractivity contribution in [1.29, 1.82) is 0 Å². The zero-order chi connectivity index (χ0) is 19.8. The van der Waals surface area contributed by atoms with Gasteiger partial charge in [-0.1, -0.05) is 18.2 Å². The van der Waals surface area contributed by atoms with Gasteiger partial charge in [0.15, 0.2) is 5.78 Å². The average molecular weight is 388 g/mol. The molecule has 0 radical (unpaired) electrons. The fourth-order valence-corrected chi connectivity index (χ4v) is 4.43.